The van der Waals surface area contributed by atoms with E-state index in [9.17, 15) is 4.79 Å². The van der Waals surface area contributed by atoms with Crippen LogP contribution in [0, 0.1) is 0 Å². The lowest BCUT2D eigenvalue weighted by Gasteiger charge is -2.47. The molecule has 4 aliphatic heterocycles. The molecule has 2 aromatic rings. The van der Waals surface area contributed by atoms with E-state index in [0.29, 0.717) is 24.5 Å². The summed E-state index contributed by atoms with van der Waals surface area (Å²) in [4.78, 5) is 20.8. The Morgan fingerprint density at radius 3 is 2.66 bits per heavy atom. The van der Waals surface area contributed by atoms with Crippen LogP contribution >= 0.6 is 0 Å². The first-order valence-electron chi connectivity index (χ1n) is 12.9. The molecule has 7 nitrogen and oxygen atoms in total. The lowest BCUT2D eigenvalue weighted by Crippen LogP contribution is -2.61. The van der Waals surface area contributed by atoms with Gasteiger partial charge in [-0.25, -0.2) is 4.98 Å². The number of hydrogen-bond acceptors (Lipinski definition) is 6. The van der Waals surface area contributed by atoms with Crippen LogP contribution < -0.4 is 10.1 Å². The van der Waals surface area contributed by atoms with E-state index in [0.717, 1.165) is 82.3 Å². The molecule has 0 radical (unpaired) electrons. The molecule has 0 aliphatic carbocycles. The minimum atomic E-state index is 0.0479. The molecule has 184 valence electrons. The minimum absolute atomic E-state index is 0.0479. The van der Waals surface area contributed by atoms with Crippen LogP contribution in [0.2, 0.25) is 0 Å². The van der Waals surface area contributed by atoms with Crippen LogP contribution in [-0.2, 0) is 16.1 Å². The number of carbonyl (C=O) groups is 1. The quantitative estimate of drug-likeness (QED) is 0.671. The average molecular weight is 475 g/mol. The molecule has 3 fully saturated rings. The molecule has 0 unspecified atom stereocenters. The molecule has 1 aromatic carbocycles. The van der Waals surface area contributed by atoms with Crippen LogP contribution in [0.4, 0.5) is 11.5 Å². The number of benzene rings is 1. The van der Waals surface area contributed by atoms with Gasteiger partial charge < -0.3 is 19.7 Å². The summed E-state index contributed by atoms with van der Waals surface area (Å²) in [5.74, 6) is 2.90. The number of likely N-dealkylation sites (tertiary alicyclic amines) is 2. The first-order valence-corrected chi connectivity index (χ1v) is 12.9. The van der Waals surface area contributed by atoms with E-state index in [2.05, 4.69) is 46.0 Å². The van der Waals surface area contributed by atoms with E-state index in [-0.39, 0.29) is 5.91 Å². The summed E-state index contributed by atoms with van der Waals surface area (Å²) in [5, 5.41) is 3.60. The van der Waals surface area contributed by atoms with Gasteiger partial charge in [0, 0.05) is 44.1 Å². The first kappa shape index (κ1) is 22.6. The van der Waals surface area contributed by atoms with Crippen LogP contribution in [-0.4, -0.2) is 66.1 Å². The number of hydrogen-bond donors (Lipinski definition) is 1. The zero-order valence-corrected chi connectivity index (χ0v) is 20.2. The van der Waals surface area contributed by atoms with Crippen molar-refractivity contribution in [3.05, 3.63) is 59.8 Å². The molecule has 0 spiro atoms. The van der Waals surface area contributed by atoms with Gasteiger partial charge in [0.25, 0.3) is 0 Å². The fourth-order valence-corrected chi connectivity index (χ4v) is 6.05. The third-order valence-corrected chi connectivity index (χ3v) is 8.25. The maximum Gasteiger partial charge on any atom is 0.246 e. The van der Waals surface area contributed by atoms with Crippen molar-refractivity contribution in [3.63, 3.8) is 0 Å². The van der Waals surface area contributed by atoms with Crippen molar-refractivity contribution < 1.29 is 14.3 Å². The minimum Gasteiger partial charge on any atom is -0.487 e. The second kappa shape index (κ2) is 9.63. The van der Waals surface area contributed by atoms with Crippen molar-refractivity contribution in [3.8, 4) is 5.75 Å². The molecule has 6 rings (SSSR count). The second-order valence-corrected chi connectivity index (χ2v) is 10.2. The van der Waals surface area contributed by atoms with Crippen molar-refractivity contribution in [1.82, 2.24) is 14.8 Å². The van der Waals surface area contributed by atoms with Crippen molar-refractivity contribution in [2.75, 3.05) is 44.7 Å². The van der Waals surface area contributed by atoms with Gasteiger partial charge in [-0.1, -0.05) is 12.6 Å². The van der Waals surface area contributed by atoms with Crippen molar-refractivity contribution >= 4 is 17.4 Å². The average Bonchev–Trinajstić information content (AvgIpc) is 3.07. The van der Waals surface area contributed by atoms with Gasteiger partial charge in [-0.3, -0.25) is 9.69 Å². The molecule has 35 heavy (non-hydrogen) atoms. The lowest BCUT2D eigenvalue weighted by molar-refractivity contribution is -0.133. The van der Waals surface area contributed by atoms with Gasteiger partial charge in [0.15, 0.2) is 0 Å². The number of pyridine rings is 1. The Balaban J connectivity index is 1.13. The molecule has 7 heteroatoms. The highest BCUT2D eigenvalue weighted by molar-refractivity contribution is 5.87. The molecule has 4 aliphatic rings. The van der Waals surface area contributed by atoms with Crippen molar-refractivity contribution in [2.45, 2.75) is 50.2 Å². The summed E-state index contributed by atoms with van der Waals surface area (Å²) in [6.07, 6.45) is 7.71. The van der Waals surface area contributed by atoms with E-state index in [4.69, 9.17) is 9.47 Å². The molecular weight excluding hydrogens is 440 g/mol. The maximum absolute atomic E-state index is 11.7. The van der Waals surface area contributed by atoms with Crippen LogP contribution in [0.15, 0.2) is 43.1 Å². The van der Waals surface area contributed by atoms with Crippen LogP contribution in [0.5, 0.6) is 5.75 Å². The fraction of sp³-hybridized carbons (Fsp3) is 0.500. The maximum atomic E-state index is 11.7. The molecular formula is C28H34N4O3. The summed E-state index contributed by atoms with van der Waals surface area (Å²) >= 11 is 0. The first-order chi connectivity index (χ1) is 17.2. The van der Waals surface area contributed by atoms with E-state index >= 15 is 0 Å². The van der Waals surface area contributed by atoms with Gasteiger partial charge in [0.05, 0.1) is 5.69 Å². The zero-order valence-electron chi connectivity index (χ0n) is 20.2. The molecule has 1 aromatic heterocycles. The molecule has 1 N–H and O–H groups in total. The van der Waals surface area contributed by atoms with E-state index in [1.165, 1.54) is 22.8 Å². The Kier molecular flexibility index (Phi) is 6.20. The zero-order chi connectivity index (χ0) is 23.8. The monoisotopic (exact) mass is 474 g/mol. The summed E-state index contributed by atoms with van der Waals surface area (Å²) in [6, 6.07) is 9.27. The highest BCUT2D eigenvalue weighted by atomic mass is 16.5. The standard InChI is InChI=1S/C28H34N4O3/c1-2-27(33)32-16-22(17-32)31-11-6-19(7-12-31)21-3-4-26-25(15-21)30-28-24(18-35-26)23(5-10-29-28)20-8-13-34-14-9-20/h2-5,10,15,19-20,22H,1,6-9,11-14,16-18H2,(H,29,30). The van der Waals surface area contributed by atoms with Gasteiger partial charge in [-0.2, -0.15) is 0 Å². The van der Waals surface area contributed by atoms with Gasteiger partial charge in [0.1, 0.15) is 18.2 Å². The van der Waals surface area contributed by atoms with Gasteiger partial charge in [-0.05, 0) is 86.0 Å². The summed E-state index contributed by atoms with van der Waals surface area (Å²) in [7, 11) is 0. The number of rotatable bonds is 4. The molecule has 0 bridgehead atoms. The van der Waals surface area contributed by atoms with E-state index in [1.807, 2.05) is 11.1 Å². The predicted molar refractivity (Wildman–Crippen MR) is 135 cm³/mol. The van der Waals surface area contributed by atoms with Crippen molar-refractivity contribution in [2.24, 2.45) is 0 Å². The Morgan fingerprint density at radius 2 is 1.89 bits per heavy atom. The molecule has 0 saturated carbocycles. The molecule has 1 amide bonds. The number of piperidine rings is 1. The fourth-order valence-electron chi connectivity index (χ4n) is 6.05. The third-order valence-electron chi connectivity index (χ3n) is 8.25. The molecule has 5 heterocycles. The van der Waals surface area contributed by atoms with Gasteiger partial charge in [-0.15, -0.1) is 0 Å². The summed E-state index contributed by atoms with van der Waals surface area (Å²) in [5.41, 5.74) is 4.89. The number of nitrogens with one attached hydrogen (secondary N) is 1. The number of amides is 1. The predicted octanol–water partition coefficient (Wildman–Crippen LogP) is 4.19. The lowest BCUT2D eigenvalue weighted by atomic mass is 9.88. The number of fused-ring (bicyclic) bond motifs is 2. The van der Waals surface area contributed by atoms with E-state index < -0.39 is 0 Å². The highest BCUT2D eigenvalue weighted by Gasteiger charge is 2.35. The Morgan fingerprint density at radius 1 is 1.09 bits per heavy atom. The van der Waals surface area contributed by atoms with Crippen LogP contribution in [0.25, 0.3) is 0 Å². The smallest absolute Gasteiger partial charge is 0.246 e. The number of nitrogens with zero attached hydrogens (tertiary/aromatic N) is 3. The third kappa shape index (κ3) is 4.43. The van der Waals surface area contributed by atoms with Crippen LogP contribution in [0.1, 0.15) is 54.2 Å². The molecule has 3 saturated heterocycles. The van der Waals surface area contributed by atoms with Gasteiger partial charge in [0.2, 0.25) is 5.91 Å². The summed E-state index contributed by atoms with van der Waals surface area (Å²) < 4.78 is 11.9. The van der Waals surface area contributed by atoms with E-state index in [1.54, 1.807) is 0 Å². The number of ether oxygens (including phenoxy) is 2. The number of aromatic nitrogens is 1. The largest absolute Gasteiger partial charge is 0.487 e. The normalized spacial score (nSPS) is 21.7. The Hall–Kier alpha value is -2.90. The Labute approximate surface area is 207 Å². The SMILES string of the molecule is C=CC(=O)N1CC(N2CCC(c3ccc4c(c3)Nc3nccc(C5CCOCC5)c3CO4)CC2)C1. The summed E-state index contributed by atoms with van der Waals surface area (Å²) in [6.45, 7) is 9.59. The molecule has 0 atom stereocenters. The number of carbonyl (C=O) groups excluding carboxylic acids is 1. The van der Waals surface area contributed by atoms with Crippen LogP contribution in [0.3, 0.4) is 0 Å². The van der Waals surface area contributed by atoms with Crippen molar-refractivity contribution in [1.29, 1.82) is 0 Å². The second-order valence-electron chi connectivity index (χ2n) is 10.2. The number of anilines is 2. The Bertz CT molecular complexity index is 1100. The topological polar surface area (TPSA) is 66.9 Å². The highest BCUT2D eigenvalue weighted by Crippen LogP contribution is 2.40. The van der Waals surface area contributed by atoms with Gasteiger partial charge >= 0.3 is 0 Å².